The second-order valence-corrected chi connectivity index (χ2v) is 3.41. The molecule has 0 saturated heterocycles. The Morgan fingerprint density at radius 2 is 2.06 bits per heavy atom. The molecule has 0 bridgehead atoms. The maximum atomic E-state index is 12.5. The minimum atomic E-state index is -4.13. The molecule has 0 spiro atoms. The Kier molecular flexibility index (Phi) is 3.79. The average Bonchev–Trinajstić information content (AvgIpc) is 2.13. The van der Waals surface area contributed by atoms with Crippen LogP contribution in [0.25, 0.3) is 0 Å². The molecule has 0 aromatic carbocycles. The van der Waals surface area contributed by atoms with E-state index in [2.05, 4.69) is 4.98 Å². The lowest BCUT2D eigenvalue weighted by Crippen LogP contribution is -2.35. The van der Waals surface area contributed by atoms with Gasteiger partial charge in [-0.05, 0) is 6.07 Å². The standard InChI is InChI=1S/C8H8ClF4N3/c9-5-1-4(14)2-6(16-5)15-3-8(12,13)7(10)11/h1-2,7H,3H2,(H3,14,15,16). The Bertz CT molecular complexity index is 352. The number of halogens is 5. The number of rotatable bonds is 4. The van der Waals surface area contributed by atoms with Crippen LogP contribution in [0.4, 0.5) is 29.1 Å². The molecule has 1 heterocycles. The number of nitrogen functional groups attached to an aromatic ring is 1. The van der Waals surface area contributed by atoms with Crippen LogP contribution < -0.4 is 11.1 Å². The van der Waals surface area contributed by atoms with E-state index in [9.17, 15) is 17.6 Å². The van der Waals surface area contributed by atoms with Crippen molar-refractivity contribution >= 4 is 23.1 Å². The van der Waals surface area contributed by atoms with E-state index in [-0.39, 0.29) is 16.7 Å². The SMILES string of the molecule is Nc1cc(Cl)nc(NCC(F)(F)C(F)F)c1. The van der Waals surface area contributed by atoms with Gasteiger partial charge in [0, 0.05) is 11.8 Å². The van der Waals surface area contributed by atoms with Crippen molar-refractivity contribution in [2.45, 2.75) is 12.3 Å². The largest absolute Gasteiger partial charge is 0.399 e. The number of nitrogens with one attached hydrogen (secondary N) is 1. The lowest BCUT2D eigenvalue weighted by Gasteiger charge is -2.16. The van der Waals surface area contributed by atoms with Gasteiger partial charge in [0.05, 0.1) is 6.54 Å². The Morgan fingerprint density at radius 3 is 2.56 bits per heavy atom. The average molecular weight is 258 g/mol. The van der Waals surface area contributed by atoms with E-state index in [1.807, 2.05) is 5.32 Å². The van der Waals surface area contributed by atoms with Crippen LogP contribution in [0.2, 0.25) is 5.15 Å². The lowest BCUT2D eigenvalue weighted by molar-refractivity contribution is -0.117. The molecule has 3 nitrogen and oxygen atoms in total. The van der Waals surface area contributed by atoms with Crippen LogP contribution in [-0.4, -0.2) is 23.9 Å². The van der Waals surface area contributed by atoms with Crippen molar-refractivity contribution in [3.63, 3.8) is 0 Å². The van der Waals surface area contributed by atoms with Gasteiger partial charge in [0.2, 0.25) is 0 Å². The van der Waals surface area contributed by atoms with Gasteiger partial charge in [-0.25, -0.2) is 13.8 Å². The molecule has 0 unspecified atom stereocenters. The highest BCUT2D eigenvalue weighted by atomic mass is 35.5. The normalized spacial score (nSPS) is 11.9. The molecular weight excluding hydrogens is 250 g/mol. The molecule has 8 heteroatoms. The first-order valence-electron chi connectivity index (χ1n) is 4.14. The van der Waals surface area contributed by atoms with E-state index in [0.717, 1.165) is 0 Å². The third-order valence-corrected chi connectivity index (χ3v) is 1.83. The highest BCUT2D eigenvalue weighted by Gasteiger charge is 2.40. The molecule has 0 aliphatic carbocycles. The van der Waals surface area contributed by atoms with Gasteiger partial charge in [-0.1, -0.05) is 11.6 Å². The van der Waals surface area contributed by atoms with Crippen LogP contribution in [-0.2, 0) is 0 Å². The van der Waals surface area contributed by atoms with Gasteiger partial charge in [-0.15, -0.1) is 0 Å². The van der Waals surface area contributed by atoms with E-state index < -0.39 is 18.9 Å². The van der Waals surface area contributed by atoms with Gasteiger partial charge < -0.3 is 11.1 Å². The monoisotopic (exact) mass is 257 g/mol. The fourth-order valence-electron chi connectivity index (χ4n) is 0.893. The molecule has 0 amide bonds. The first-order chi connectivity index (χ1) is 7.31. The molecule has 1 aromatic heterocycles. The van der Waals surface area contributed by atoms with Gasteiger partial charge >= 0.3 is 12.3 Å². The molecule has 3 N–H and O–H groups in total. The summed E-state index contributed by atoms with van der Waals surface area (Å²) >= 11 is 5.50. The number of alkyl halides is 4. The Labute approximate surface area is 93.6 Å². The van der Waals surface area contributed by atoms with Gasteiger partial charge in [-0.2, -0.15) is 8.78 Å². The van der Waals surface area contributed by atoms with Crippen molar-refractivity contribution in [3.8, 4) is 0 Å². The van der Waals surface area contributed by atoms with Crippen LogP contribution in [0, 0.1) is 0 Å². The van der Waals surface area contributed by atoms with Crippen molar-refractivity contribution in [2.75, 3.05) is 17.6 Å². The van der Waals surface area contributed by atoms with Crippen LogP contribution in [0.1, 0.15) is 0 Å². The number of nitrogens with two attached hydrogens (primary N) is 1. The van der Waals surface area contributed by atoms with E-state index in [0.29, 0.717) is 0 Å². The van der Waals surface area contributed by atoms with Crippen LogP contribution in [0.5, 0.6) is 0 Å². The summed E-state index contributed by atoms with van der Waals surface area (Å²) in [4.78, 5) is 3.59. The van der Waals surface area contributed by atoms with Crippen molar-refractivity contribution in [1.29, 1.82) is 0 Å². The van der Waals surface area contributed by atoms with E-state index in [4.69, 9.17) is 17.3 Å². The smallest absolute Gasteiger partial charge is 0.324 e. The molecule has 90 valence electrons. The third-order valence-electron chi connectivity index (χ3n) is 1.64. The molecule has 0 radical (unpaired) electrons. The Morgan fingerprint density at radius 1 is 1.44 bits per heavy atom. The summed E-state index contributed by atoms with van der Waals surface area (Å²) in [6.07, 6.45) is -3.74. The molecule has 0 atom stereocenters. The van der Waals surface area contributed by atoms with Gasteiger partial charge in [0.15, 0.2) is 0 Å². The minimum Gasteiger partial charge on any atom is -0.399 e. The summed E-state index contributed by atoms with van der Waals surface area (Å²) in [5.41, 5.74) is 5.56. The molecule has 16 heavy (non-hydrogen) atoms. The second-order valence-electron chi connectivity index (χ2n) is 3.02. The Balaban J connectivity index is 2.68. The fourth-order valence-corrected chi connectivity index (χ4v) is 1.11. The molecular formula is C8H8ClF4N3. The number of aromatic nitrogens is 1. The van der Waals surface area contributed by atoms with E-state index >= 15 is 0 Å². The number of hydrogen-bond acceptors (Lipinski definition) is 3. The highest BCUT2D eigenvalue weighted by Crippen LogP contribution is 2.24. The van der Waals surface area contributed by atoms with E-state index in [1.165, 1.54) is 12.1 Å². The number of anilines is 2. The maximum Gasteiger partial charge on any atom is 0.324 e. The minimum absolute atomic E-state index is 0.0112. The molecule has 0 fully saturated rings. The fraction of sp³-hybridized carbons (Fsp3) is 0.375. The van der Waals surface area contributed by atoms with Crippen LogP contribution in [0.3, 0.4) is 0 Å². The summed E-state index contributed by atoms with van der Waals surface area (Å²) in [6, 6.07) is 2.52. The molecule has 1 aromatic rings. The third kappa shape index (κ3) is 3.41. The summed E-state index contributed by atoms with van der Waals surface area (Å²) in [7, 11) is 0. The first-order valence-corrected chi connectivity index (χ1v) is 4.52. The number of hydrogen-bond donors (Lipinski definition) is 2. The topological polar surface area (TPSA) is 50.9 Å². The predicted octanol–water partition coefficient (Wildman–Crippen LogP) is 2.63. The molecule has 1 rings (SSSR count). The number of nitrogens with zero attached hydrogens (tertiary/aromatic N) is 1. The van der Waals surface area contributed by atoms with Gasteiger partial charge in [0.1, 0.15) is 11.0 Å². The van der Waals surface area contributed by atoms with Crippen LogP contribution >= 0.6 is 11.6 Å². The zero-order valence-corrected chi connectivity index (χ0v) is 8.61. The summed E-state index contributed by atoms with van der Waals surface area (Å²) < 4.78 is 48.7. The second kappa shape index (κ2) is 4.73. The summed E-state index contributed by atoms with van der Waals surface area (Å²) in [5.74, 6) is -4.20. The summed E-state index contributed by atoms with van der Waals surface area (Å²) in [6.45, 7) is -1.24. The maximum absolute atomic E-state index is 12.5. The van der Waals surface area contributed by atoms with E-state index in [1.54, 1.807) is 0 Å². The predicted molar refractivity (Wildman–Crippen MR) is 53.1 cm³/mol. The molecule has 0 aliphatic rings. The highest BCUT2D eigenvalue weighted by molar-refractivity contribution is 6.29. The van der Waals surface area contributed by atoms with Crippen molar-refractivity contribution in [3.05, 3.63) is 17.3 Å². The van der Waals surface area contributed by atoms with Crippen molar-refractivity contribution < 1.29 is 17.6 Å². The first kappa shape index (κ1) is 12.8. The quantitative estimate of drug-likeness (QED) is 0.644. The molecule has 0 aliphatic heterocycles. The van der Waals surface area contributed by atoms with Crippen molar-refractivity contribution in [1.82, 2.24) is 4.98 Å². The zero-order chi connectivity index (χ0) is 12.3. The number of pyridine rings is 1. The van der Waals surface area contributed by atoms with Gasteiger partial charge in [-0.3, -0.25) is 0 Å². The Hall–Kier alpha value is -1.24. The lowest BCUT2D eigenvalue weighted by atomic mass is 10.3. The summed E-state index contributed by atoms with van der Waals surface area (Å²) in [5, 5.41) is 2.03. The zero-order valence-electron chi connectivity index (χ0n) is 7.85. The molecule has 0 saturated carbocycles. The van der Waals surface area contributed by atoms with Crippen molar-refractivity contribution in [2.24, 2.45) is 0 Å². The van der Waals surface area contributed by atoms with Gasteiger partial charge in [0.25, 0.3) is 0 Å². The van der Waals surface area contributed by atoms with Crippen LogP contribution in [0.15, 0.2) is 12.1 Å².